The molecule has 3 heteroatoms. The van der Waals surface area contributed by atoms with Crippen molar-refractivity contribution in [2.45, 2.75) is 45.1 Å². The van der Waals surface area contributed by atoms with E-state index in [0.717, 1.165) is 17.5 Å². The van der Waals surface area contributed by atoms with Crippen molar-refractivity contribution in [2.24, 2.45) is 0 Å². The van der Waals surface area contributed by atoms with Crippen LogP contribution in [0.5, 0.6) is 5.75 Å². The van der Waals surface area contributed by atoms with Gasteiger partial charge in [0.25, 0.3) is 0 Å². The lowest BCUT2D eigenvalue weighted by Gasteiger charge is -2.07. The minimum absolute atomic E-state index is 0.455. The SMILES string of the molecule is CCCCCc1c(C)cccc1O.OC(Cl)c1ccccc1. The highest BCUT2D eigenvalue weighted by Gasteiger charge is 2.02. The highest BCUT2D eigenvalue weighted by molar-refractivity contribution is 6.19. The summed E-state index contributed by atoms with van der Waals surface area (Å²) in [4.78, 5) is 0. The molecule has 0 saturated heterocycles. The van der Waals surface area contributed by atoms with Crippen molar-refractivity contribution in [3.8, 4) is 5.75 Å². The summed E-state index contributed by atoms with van der Waals surface area (Å²) in [5, 5.41) is 18.4. The molecule has 1 unspecified atom stereocenters. The van der Waals surface area contributed by atoms with Crippen molar-refractivity contribution in [1.29, 1.82) is 0 Å². The van der Waals surface area contributed by atoms with Crippen molar-refractivity contribution in [3.05, 3.63) is 65.2 Å². The van der Waals surface area contributed by atoms with Gasteiger partial charge in [-0.2, -0.15) is 0 Å². The molecule has 2 rings (SSSR count). The molecule has 0 aliphatic rings. The van der Waals surface area contributed by atoms with Crippen LogP contribution in [0.3, 0.4) is 0 Å². The van der Waals surface area contributed by atoms with Gasteiger partial charge in [-0.1, -0.05) is 73.8 Å². The lowest BCUT2D eigenvalue weighted by molar-refractivity contribution is 0.263. The van der Waals surface area contributed by atoms with Crippen molar-refractivity contribution in [1.82, 2.24) is 0 Å². The van der Waals surface area contributed by atoms with E-state index in [9.17, 15) is 5.11 Å². The Morgan fingerprint density at radius 1 is 1.00 bits per heavy atom. The Morgan fingerprint density at radius 3 is 2.18 bits per heavy atom. The fourth-order valence-electron chi connectivity index (χ4n) is 2.18. The van der Waals surface area contributed by atoms with Gasteiger partial charge in [0.1, 0.15) is 5.75 Å². The molecular weight excluding hydrogens is 296 g/mol. The number of halogens is 1. The Balaban J connectivity index is 0.000000235. The van der Waals surface area contributed by atoms with Gasteiger partial charge >= 0.3 is 0 Å². The van der Waals surface area contributed by atoms with E-state index in [0.29, 0.717) is 5.75 Å². The standard InChI is InChI=1S/C12H18O.C7H7ClO/c1-3-4-5-8-11-10(2)7-6-9-12(11)13;8-7(9)6-4-2-1-3-5-6/h6-7,9,13H,3-5,8H2,1-2H3;1-5,7,9H. The molecule has 0 radical (unpaired) electrons. The second-order valence-corrected chi connectivity index (χ2v) is 5.69. The largest absolute Gasteiger partial charge is 0.508 e. The zero-order chi connectivity index (χ0) is 16.4. The minimum Gasteiger partial charge on any atom is -0.508 e. The van der Waals surface area contributed by atoms with Crippen LogP contribution in [0, 0.1) is 6.92 Å². The third kappa shape index (κ3) is 6.50. The second kappa shape index (κ2) is 10.3. The molecule has 2 aromatic rings. The van der Waals surface area contributed by atoms with E-state index in [1.807, 2.05) is 24.3 Å². The summed E-state index contributed by atoms with van der Waals surface area (Å²) in [7, 11) is 0. The molecule has 0 saturated carbocycles. The molecule has 0 heterocycles. The van der Waals surface area contributed by atoms with Crippen LogP contribution in [0.2, 0.25) is 0 Å². The van der Waals surface area contributed by atoms with Gasteiger partial charge in [-0.25, -0.2) is 0 Å². The fourth-order valence-corrected chi connectivity index (χ4v) is 2.32. The van der Waals surface area contributed by atoms with Crippen LogP contribution in [0.25, 0.3) is 0 Å². The number of aliphatic hydroxyl groups excluding tert-OH is 1. The van der Waals surface area contributed by atoms with Crippen molar-refractivity contribution >= 4 is 11.6 Å². The molecule has 120 valence electrons. The number of alkyl halides is 1. The Labute approximate surface area is 138 Å². The van der Waals surface area contributed by atoms with Crippen LogP contribution in [0.1, 0.15) is 48.4 Å². The van der Waals surface area contributed by atoms with E-state index in [4.69, 9.17) is 16.7 Å². The van der Waals surface area contributed by atoms with Gasteiger partial charge in [-0.3, -0.25) is 0 Å². The maximum Gasteiger partial charge on any atom is 0.153 e. The molecule has 2 aromatic carbocycles. The van der Waals surface area contributed by atoms with E-state index in [2.05, 4.69) is 19.9 Å². The van der Waals surface area contributed by atoms with Crippen molar-refractivity contribution < 1.29 is 10.2 Å². The first-order valence-electron chi connectivity index (χ1n) is 7.70. The minimum atomic E-state index is -0.869. The van der Waals surface area contributed by atoms with Crippen LogP contribution in [0.15, 0.2) is 48.5 Å². The quantitative estimate of drug-likeness (QED) is 0.576. The molecule has 0 bridgehead atoms. The zero-order valence-electron chi connectivity index (χ0n) is 13.3. The number of benzene rings is 2. The molecule has 0 aromatic heterocycles. The number of phenols is 1. The monoisotopic (exact) mass is 320 g/mol. The number of hydrogen-bond donors (Lipinski definition) is 2. The third-order valence-electron chi connectivity index (χ3n) is 3.49. The van der Waals surface area contributed by atoms with Gasteiger partial charge in [-0.15, -0.1) is 0 Å². The molecule has 0 aliphatic carbocycles. The van der Waals surface area contributed by atoms with Gasteiger partial charge in [0.05, 0.1) is 0 Å². The topological polar surface area (TPSA) is 40.5 Å². The van der Waals surface area contributed by atoms with Crippen LogP contribution in [0.4, 0.5) is 0 Å². The van der Waals surface area contributed by atoms with E-state index in [1.165, 1.54) is 24.8 Å². The average molecular weight is 321 g/mol. The normalized spacial score (nSPS) is 11.5. The Kier molecular flexibility index (Phi) is 8.64. The molecule has 0 spiro atoms. The van der Waals surface area contributed by atoms with E-state index >= 15 is 0 Å². The smallest absolute Gasteiger partial charge is 0.153 e. The molecular formula is C19H25ClO2. The van der Waals surface area contributed by atoms with Gasteiger partial charge < -0.3 is 10.2 Å². The van der Waals surface area contributed by atoms with Gasteiger partial charge in [0.15, 0.2) is 5.56 Å². The first kappa shape index (κ1) is 18.5. The number of hydrogen-bond acceptors (Lipinski definition) is 2. The van der Waals surface area contributed by atoms with E-state index in [1.54, 1.807) is 18.2 Å². The summed E-state index contributed by atoms with van der Waals surface area (Å²) in [5.41, 5.74) is 2.19. The summed E-state index contributed by atoms with van der Waals surface area (Å²) >= 11 is 5.36. The maximum absolute atomic E-state index is 9.59. The lowest BCUT2D eigenvalue weighted by Crippen LogP contribution is -1.90. The summed E-state index contributed by atoms with van der Waals surface area (Å²) in [6.07, 6.45) is 4.65. The lowest BCUT2D eigenvalue weighted by atomic mass is 10.0. The van der Waals surface area contributed by atoms with Crippen molar-refractivity contribution in [2.75, 3.05) is 0 Å². The Bertz CT molecular complexity index is 518. The number of aromatic hydroxyl groups is 1. The summed E-state index contributed by atoms with van der Waals surface area (Å²) in [5.74, 6) is 0.455. The Morgan fingerprint density at radius 2 is 1.68 bits per heavy atom. The maximum atomic E-state index is 9.59. The molecule has 0 aliphatic heterocycles. The van der Waals surface area contributed by atoms with Gasteiger partial charge in [0.2, 0.25) is 0 Å². The summed E-state index contributed by atoms with van der Waals surface area (Å²) < 4.78 is 0. The highest BCUT2D eigenvalue weighted by atomic mass is 35.5. The van der Waals surface area contributed by atoms with Crippen LogP contribution >= 0.6 is 11.6 Å². The molecule has 2 N–H and O–H groups in total. The Hall–Kier alpha value is -1.51. The number of rotatable bonds is 5. The summed E-state index contributed by atoms with van der Waals surface area (Å²) in [6.45, 7) is 4.25. The average Bonchev–Trinajstić information content (AvgIpc) is 2.52. The molecule has 1 atom stereocenters. The van der Waals surface area contributed by atoms with Gasteiger partial charge in [-0.05, 0) is 42.5 Å². The van der Waals surface area contributed by atoms with Crippen LogP contribution in [-0.4, -0.2) is 10.2 Å². The van der Waals surface area contributed by atoms with Crippen LogP contribution < -0.4 is 0 Å². The highest BCUT2D eigenvalue weighted by Crippen LogP contribution is 2.22. The number of phenolic OH excluding ortho intramolecular Hbond substituents is 1. The van der Waals surface area contributed by atoms with E-state index in [-0.39, 0.29) is 0 Å². The molecule has 0 fully saturated rings. The van der Waals surface area contributed by atoms with Crippen molar-refractivity contribution in [3.63, 3.8) is 0 Å². The van der Waals surface area contributed by atoms with E-state index < -0.39 is 5.56 Å². The number of unbranched alkanes of at least 4 members (excludes halogenated alkanes) is 2. The van der Waals surface area contributed by atoms with Gasteiger partial charge in [0, 0.05) is 0 Å². The second-order valence-electron chi connectivity index (χ2n) is 5.28. The molecule has 22 heavy (non-hydrogen) atoms. The molecule has 2 nitrogen and oxygen atoms in total. The number of aliphatic hydroxyl groups is 1. The molecule has 0 amide bonds. The first-order valence-corrected chi connectivity index (χ1v) is 8.14. The first-order chi connectivity index (χ1) is 10.6. The predicted molar refractivity (Wildman–Crippen MR) is 93.3 cm³/mol. The predicted octanol–water partition coefficient (Wildman–Crippen LogP) is 5.35. The van der Waals surface area contributed by atoms with Crippen LogP contribution in [-0.2, 0) is 6.42 Å². The number of aryl methyl sites for hydroxylation is 1. The fraction of sp³-hybridized carbons (Fsp3) is 0.368. The third-order valence-corrected chi connectivity index (χ3v) is 3.74. The zero-order valence-corrected chi connectivity index (χ0v) is 14.1. The summed E-state index contributed by atoms with van der Waals surface area (Å²) in [6, 6.07) is 14.8.